The van der Waals surface area contributed by atoms with E-state index in [9.17, 15) is 4.79 Å². The molecule has 3 nitrogen and oxygen atoms in total. The van der Waals surface area contributed by atoms with Gasteiger partial charge in [-0.05, 0) is 17.8 Å². The first-order chi connectivity index (χ1) is 6.14. The molecule has 0 heterocycles. The molecular formula is C11H19NO2. The van der Waals surface area contributed by atoms with Crippen LogP contribution in [0.5, 0.6) is 0 Å². The van der Waals surface area contributed by atoms with Gasteiger partial charge in [0.25, 0.3) is 0 Å². The molecule has 0 atom stereocenters. The molecule has 1 aliphatic carbocycles. The molecule has 0 radical (unpaired) electrons. The first-order valence-corrected chi connectivity index (χ1v) is 4.88. The maximum atomic E-state index is 12.0. The number of hydrogen-bond acceptors (Lipinski definition) is 3. The van der Waals surface area contributed by atoms with E-state index in [1.165, 1.54) is 0 Å². The van der Waals surface area contributed by atoms with Crippen LogP contribution in [0.3, 0.4) is 0 Å². The third-order valence-electron chi connectivity index (χ3n) is 4.93. The monoisotopic (exact) mass is 197 g/mol. The second-order valence-corrected chi connectivity index (χ2v) is 5.39. The normalized spacial score (nSPS) is 27.1. The molecule has 0 unspecified atom stereocenters. The molecule has 0 aromatic rings. The first kappa shape index (κ1) is 11.2. The smallest absolute Gasteiger partial charge is 0.187 e. The Kier molecular flexibility index (Phi) is 2.07. The molecule has 1 fully saturated rings. The molecule has 0 aliphatic heterocycles. The Labute approximate surface area is 85.2 Å². The zero-order chi connectivity index (χ0) is 11.4. The van der Waals surface area contributed by atoms with Crippen LogP contribution in [0, 0.1) is 16.2 Å². The van der Waals surface area contributed by atoms with Crippen molar-refractivity contribution in [3.8, 4) is 0 Å². The number of nitrogens with zero attached hydrogens (tertiary/aromatic N) is 1. The fourth-order valence-electron chi connectivity index (χ4n) is 2.57. The van der Waals surface area contributed by atoms with Crippen molar-refractivity contribution in [1.82, 2.24) is 0 Å². The minimum atomic E-state index is -0.406. The average molecular weight is 197 g/mol. The summed E-state index contributed by atoms with van der Waals surface area (Å²) >= 11 is 0. The van der Waals surface area contributed by atoms with Crippen molar-refractivity contribution in [3.05, 3.63) is 0 Å². The Morgan fingerprint density at radius 2 is 1.43 bits per heavy atom. The summed E-state index contributed by atoms with van der Waals surface area (Å²) in [6.45, 7) is 11.8. The second-order valence-electron chi connectivity index (χ2n) is 5.39. The van der Waals surface area contributed by atoms with Crippen LogP contribution < -0.4 is 0 Å². The predicted molar refractivity (Wildman–Crippen MR) is 55.6 cm³/mol. The highest BCUT2D eigenvalue weighted by Crippen LogP contribution is 2.77. The summed E-state index contributed by atoms with van der Waals surface area (Å²) in [5.41, 5.74) is -0.284. The van der Waals surface area contributed by atoms with E-state index >= 15 is 0 Å². The van der Waals surface area contributed by atoms with Crippen molar-refractivity contribution in [3.63, 3.8) is 0 Å². The van der Waals surface area contributed by atoms with Gasteiger partial charge in [0.05, 0.1) is 0 Å². The van der Waals surface area contributed by atoms with Gasteiger partial charge in [0.1, 0.15) is 5.71 Å². The number of Topliss-reactive ketones (excluding diaryl/α,β-unsaturated/α-hetero) is 1. The molecule has 1 N–H and O–H groups in total. The summed E-state index contributed by atoms with van der Waals surface area (Å²) in [6.07, 6.45) is 0. The first-order valence-electron chi connectivity index (χ1n) is 4.88. The van der Waals surface area contributed by atoms with Gasteiger partial charge in [0.15, 0.2) is 5.78 Å². The van der Waals surface area contributed by atoms with Crippen LogP contribution in [-0.2, 0) is 4.79 Å². The molecule has 1 saturated carbocycles. The Morgan fingerprint density at radius 3 is 1.64 bits per heavy atom. The van der Waals surface area contributed by atoms with Crippen molar-refractivity contribution in [2.45, 2.75) is 41.5 Å². The topological polar surface area (TPSA) is 49.7 Å². The maximum absolute atomic E-state index is 12.0. The second kappa shape index (κ2) is 2.59. The number of carbonyl (C=O) groups excluding carboxylic acids is 1. The highest BCUT2D eigenvalue weighted by molar-refractivity contribution is 6.41. The molecule has 14 heavy (non-hydrogen) atoms. The minimum Gasteiger partial charge on any atom is -0.411 e. The summed E-state index contributed by atoms with van der Waals surface area (Å²) in [4.78, 5) is 12.0. The maximum Gasteiger partial charge on any atom is 0.187 e. The summed E-state index contributed by atoms with van der Waals surface area (Å²) in [5.74, 6) is -0.0463. The highest BCUT2D eigenvalue weighted by Gasteiger charge is 2.77. The van der Waals surface area contributed by atoms with Crippen LogP contribution in [0.2, 0.25) is 0 Å². The number of rotatable bonds is 2. The number of ketones is 1. The Balaban J connectivity index is 3.09. The van der Waals surface area contributed by atoms with E-state index < -0.39 is 5.41 Å². The van der Waals surface area contributed by atoms with Gasteiger partial charge in [0.2, 0.25) is 0 Å². The Morgan fingerprint density at radius 1 is 1.07 bits per heavy atom. The molecule has 1 rings (SSSR count). The van der Waals surface area contributed by atoms with Gasteiger partial charge in [-0.1, -0.05) is 39.8 Å². The van der Waals surface area contributed by atoms with E-state index in [1.807, 2.05) is 6.92 Å². The van der Waals surface area contributed by atoms with E-state index in [4.69, 9.17) is 5.21 Å². The van der Waals surface area contributed by atoms with E-state index in [-0.39, 0.29) is 22.3 Å². The highest BCUT2D eigenvalue weighted by atomic mass is 16.4. The predicted octanol–water partition coefficient (Wildman–Crippen LogP) is 2.48. The van der Waals surface area contributed by atoms with Crippen molar-refractivity contribution in [2.75, 3.05) is 0 Å². The number of carbonyl (C=O) groups is 1. The summed E-state index contributed by atoms with van der Waals surface area (Å²) in [5, 5.41) is 11.6. The minimum absolute atomic E-state index is 0.0387. The van der Waals surface area contributed by atoms with Gasteiger partial charge in [0, 0.05) is 5.41 Å². The fraction of sp³-hybridized carbons (Fsp3) is 0.818. The number of oxime groups is 1. The lowest BCUT2D eigenvalue weighted by atomic mass is 9.89. The lowest BCUT2D eigenvalue weighted by molar-refractivity contribution is -0.119. The third-order valence-corrected chi connectivity index (χ3v) is 4.93. The number of hydrogen-bond donors (Lipinski definition) is 1. The van der Waals surface area contributed by atoms with Crippen molar-refractivity contribution >= 4 is 11.5 Å². The van der Waals surface area contributed by atoms with E-state index in [1.54, 1.807) is 6.92 Å². The summed E-state index contributed by atoms with van der Waals surface area (Å²) in [6, 6.07) is 0. The van der Waals surface area contributed by atoms with E-state index in [2.05, 4.69) is 32.9 Å². The van der Waals surface area contributed by atoms with Crippen molar-refractivity contribution in [1.29, 1.82) is 0 Å². The van der Waals surface area contributed by atoms with Crippen LogP contribution in [0.15, 0.2) is 5.16 Å². The van der Waals surface area contributed by atoms with Gasteiger partial charge in [-0.3, -0.25) is 4.79 Å². The van der Waals surface area contributed by atoms with Crippen molar-refractivity contribution < 1.29 is 10.0 Å². The van der Waals surface area contributed by atoms with Gasteiger partial charge in [-0.15, -0.1) is 0 Å². The van der Waals surface area contributed by atoms with Crippen LogP contribution in [0.1, 0.15) is 41.5 Å². The Hall–Kier alpha value is -0.860. The summed E-state index contributed by atoms with van der Waals surface area (Å²) < 4.78 is 0. The standard InChI is InChI=1S/C11H19NO2/c1-7(12-14)8(13)11(6)9(2,3)10(11,4)5/h14H,1-6H3/b12-7+. The third kappa shape index (κ3) is 0.877. The quantitative estimate of drug-likeness (QED) is 0.420. The lowest BCUT2D eigenvalue weighted by Gasteiger charge is -2.12. The van der Waals surface area contributed by atoms with Crippen LogP contribution in [0.4, 0.5) is 0 Å². The molecule has 0 spiro atoms. The molecule has 0 aromatic carbocycles. The van der Waals surface area contributed by atoms with Crippen LogP contribution in [-0.4, -0.2) is 16.7 Å². The molecule has 0 aromatic heterocycles. The molecular weight excluding hydrogens is 178 g/mol. The SMILES string of the molecule is C/C(=N\O)C(=O)C1(C)C(C)(C)C1(C)C. The van der Waals surface area contributed by atoms with E-state index in [0.717, 1.165) is 0 Å². The van der Waals surface area contributed by atoms with Crippen LogP contribution in [0.25, 0.3) is 0 Å². The molecule has 0 amide bonds. The zero-order valence-corrected chi connectivity index (χ0v) is 9.80. The van der Waals surface area contributed by atoms with Crippen LogP contribution >= 0.6 is 0 Å². The van der Waals surface area contributed by atoms with Gasteiger partial charge < -0.3 is 5.21 Å². The van der Waals surface area contributed by atoms with Crippen molar-refractivity contribution in [2.24, 2.45) is 21.4 Å². The average Bonchev–Trinajstić information content (AvgIpc) is 2.42. The molecule has 1 aliphatic rings. The Bertz CT molecular complexity index is 299. The van der Waals surface area contributed by atoms with E-state index in [0.29, 0.717) is 0 Å². The molecule has 0 bridgehead atoms. The summed E-state index contributed by atoms with van der Waals surface area (Å²) in [7, 11) is 0. The molecule has 3 heteroatoms. The largest absolute Gasteiger partial charge is 0.411 e. The molecule has 0 saturated heterocycles. The fourth-order valence-corrected chi connectivity index (χ4v) is 2.57. The van der Waals surface area contributed by atoms with Gasteiger partial charge >= 0.3 is 0 Å². The lowest BCUT2D eigenvalue weighted by Crippen LogP contribution is -2.26. The molecule has 80 valence electrons. The van der Waals surface area contributed by atoms with Gasteiger partial charge in [-0.2, -0.15) is 0 Å². The zero-order valence-electron chi connectivity index (χ0n) is 9.80. The van der Waals surface area contributed by atoms with Gasteiger partial charge in [-0.25, -0.2) is 0 Å².